The predicted molar refractivity (Wildman–Crippen MR) is 187 cm³/mol. The van der Waals surface area contributed by atoms with Crippen molar-refractivity contribution in [3.05, 3.63) is 41.0 Å². The van der Waals surface area contributed by atoms with Gasteiger partial charge in [0.15, 0.2) is 12.1 Å². The lowest BCUT2D eigenvalue weighted by atomic mass is 9.49. The Bertz CT molecular complexity index is 1340. The third-order valence-corrected chi connectivity index (χ3v) is 14.1. The lowest BCUT2D eigenvalue weighted by Gasteiger charge is -2.58. The van der Waals surface area contributed by atoms with Crippen LogP contribution in [0.4, 0.5) is 5.69 Å². The van der Waals surface area contributed by atoms with E-state index in [1.807, 2.05) is 0 Å². The topological polar surface area (TPSA) is 80.6 Å². The Balaban J connectivity index is 1.09. The quantitative estimate of drug-likeness (QED) is 0.229. The molecule has 7 aliphatic rings. The molecule has 8 rings (SSSR count). The maximum absolute atomic E-state index is 12.6. The zero-order valence-corrected chi connectivity index (χ0v) is 29.9. The predicted octanol–water partition coefficient (Wildman–Crippen LogP) is 7.64. The number of benzene rings is 1. The number of allylic oxidation sites excluding steroid dienone is 1. The van der Waals surface area contributed by atoms with E-state index in [0.717, 1.165) is 90.3 Å². The van der Waals surface area contributed by atoms with Crippen LogP contribution in [-0.4, -0.2) is 73.0 Å². The fourth-order valence-electron chi connectivity index (χ4n) is 11.4. The first-order valence-electron chi connectivity index (χ1n) is 19.6. The van der Waals surface area contributed by atoms with Crippen molar-refractivity contribution in [3.63, 3.8) is 0 Å². The second kappa shape index (κ2) is 12.6. The Morgan fingerprint density at radius 2 is 1.67 bits per heavy atom. The summed E-state index contributed by atoms with van der Waals surface area (Å²) in [5.41, 5.74) is 3.60. The molecule has 3 aliphatic heterocycles. The molecular weight excluding hydrogens is 602 g/mol. The van der Waals surface area contributed by atoms with Gasteiger partial charge in [0.1, 0.15) is 0 Å². The van der Waals surface area contributed by atoms with Crippen molar-refractivity contribution in [1.29, 1.82) is 0 Å². The average Bonchev–Trinajstić information content (AvgIpc) is 3.71. The van der Waals surface area contributed by atoms with Gasteiger partial charge in [0.05, 0.1) is 24.4 Å². The summed E-state index contributed by atoms with van der Waals surface area (Å²) in [6, 6.07) is 9.40. The number of anilines is 1. The third-order valence-electron chi connectivity index (χ3n) is 14.1. The summed E-state index contributed by atoms with van der Waals surface area (Å²) in [6.07, 6.45) is 14.0. The van der Waals surface area contributed by atoms with Gasteiger partial charge in [-0.25, -0.2) is 0 Å². The van der Waals surface area contributed by atoms with Gasteiger partial charge in [0.25, 0.3) is 0 Å². The lowest BCUT2D eigenvalue weighted by Crippen LogP contribution is -2.58. The summed E-state index contributed by atoms with van der Waals surface area (Å²) in [4.78, 5) is 2.51. The van der Waals surface area contributed by atoms with Crippen LogP contribution in [0.5, 0.6) is 0 Å². The molecule has 7 atom stereocenters. The SMILES string of the molecule is CC1(C)COC2(CCC3=C4[C@@H](CC[C@@]3(O)C2)[C@@H]2CC[C@@](O)(CCCOC3CCCCO3)[C@@]2(C)C[C@@H]4c2ccc(N3CCCC3)cc2)OC1. The summed E-state index contributed by atoms with van der Waals surface area (Å²) in [6.45, 7) is 11.8. The minimum Gasteiger partial charge on any atom is -0.389 e. The first-order chi connectivity index (χ1) is 23.0. The van der Waals surface area contributed by atoms with Crippen molar-refractivity contribution >= 4 is 5.69 Å². The Morgan fingerprint density at radius 1 is 0.896 bits per heavy atom. The van der Waals surface area contributed by atoms with E-state index >= 15 is 0 Å². The molecule has 0 radical (unpaired) electrons. The highest BCUT2D eigenvalue weighted by atomic mass is 16.7. The molecule has 3 saturated carbocycles. The molecule has 48 heavy (non-hydrogen) atoms. The van der Waals surface area contributed by atoms with Crippen molar-refractivity contribution < 1.29 is 29.2 Å². The normalized spacial score (nSPS) is 40.5. The van der Waals surface area contributed by atoms with Gasteiger partial charge >= 0.3 is 0 Å². The summed E-state index contributed by atoms with van der Waals surface area (Å²) < 4.78 is 24.9. The molecule has 1 aromatic rings. The number of rotatable bonds is 7. The van der Waals surface area contributed by atoms with Gasteiger partial charge in [-0.05, 0) is 119 Å². The van der Waals surface area contributed by atoms with E-state index in [0.29, 0.717) is 38.1 Å². The van der Waals surface area contributed by atoms with Gasteiger partial charge in [-0.15, -0.1) is 0 Å². The molecule has 0 bridgehead atoms. The minimum atomic E-state index is -0.902. The van der Waals surface area contributed by atoms with Gasteiger partial charge < -0.3 is 34.1 Å². The number of hydrogen-bond donors (Lipinski definition) is 2. The smallest absolute Gasteiger partial charge is 0.171 e. The van der Waals surface area contributed by atoms with Crippen LogP contribution in [0.1, 0.15) is 129 Å². The highest BCUT2D eigenvalue weighted by Gasteiger charge is 2.64. The van der Waals surface area contributed by atoms with Gasteiger partial charge in [-0.1, -0.05) is 38.5 Å². The Labute approximate surface area is 288 Å². The molecule has 266 valence electrons. The van der Waals surface area contributed by atoms with Crippen LogP contribution in [-0.2, 0) is 18.9 Å². The molecule has 7 heteroatoms. The molecule has 1 spiro atoms. The van der Waals surface area contributed by atoms with E-state index in [1.54, 1.807) is 0 Å². The van der Waals surface area contributed by atoms with E-state index in [2.05, 4.69) is 49.9 Å². The summed E-state index contributed by atoms with van der Waals surface area (Å²) >= 11 is 0. The zero-order valence-electron chi connectivity index (χ0n) is 29.9. The van der Waals surface area contributed by atoms with Crippen molar-refractivity contribution in [1.82, 2.24) is 0 Å². The largest absolute Gasteiger partial charge is 0.389 e. The molecule has 4 aliphatic carbocycles. The second-order valence-electron chi connectivity index (χ2n) is 17.8. The molecule has 3 heterocycles. The van der Waals surface area contributed by atoms with E-state index in [9.17, 15) is 10.2 Å². The van der Waals surface area contributed by atoms with Gasteiger partial charge in [-0.2, -0.15) is 0 Å². The van der Waals surface area contributed by atoms with Crippen molar-refractivity contribution in [2.75, 3.05) is 44.4 Å². The number of fused-ring (bicyclic) bond motifs is 4. The summed E-state index contributed by atoms with van der Waals surface area (Å²) in [7, 11) is 0. The van der Waals surface area contributed by atoms with Gasteiger partial charge in [0, 0.05) is 61.6 Å². The minimum absolute atomic E-state index is 0.000530. The number of ether oxygens (including phenoxy) is 4. The maximum Gasteiger partial charge on any atom is 0.171 e. The highest BCUT2D eigenvalue weighted by molar-refractivity contribution is 5.51. The van der Waals surface area contributed by atoms with Crippen LogP contribution in [0.3, 0.4) is 0 Å². The van der Waals surface area contributed by atoms with Crippen LogP contribution in [0, 0.1) is 22.7 Å². The van der Waals surface area contributed by atoms with Crippen molar-refractivity contribution in [3.8, 4) is 0 Å². The van der Waals surface area contributed by atoms with Gasteiger partial charge in [-0.3, -0.25) is 0 Å². The zero-order chi connectivity index (χ0) is 33.2. The van der Waals surface area contributed by atoms with Crippen LogP contribution in [0.25, 0.3) is 0 Å². The Morgan fingerprint density at radius 3 is 2.40 bits per heavy atom. The lowest BCUT2D eigenvalue weighted by molar-refractivity contribution is -0.322. The number of hydrogen-bond acceptors (Lipinski definition) is 7. The van der Waals surface area contributed by atoms with Crippen molar-refractivity contribution in [2.45, 2.75) is 146 Å². The van der Waals surface area contributed by atoms with E-state index in [-0.39, 0.29) is 23.0 Å². The second-order valence-corrected chi connectivity index (χ2v) is 17.8. The van der Waals surface area contributed by atoms with E-state index < -0.39 is 17.0 Å². The maximum atomic E-state index is 12.6. The molecule has 3 saturated heterocycles. The van der Waals surface area contributed by atoms with Gasteiger partial charge in [0.2, 0.25) is 0 Å². The molecule has 0 aromatic heterocycles. The monoisotopic (exact) mass is 663 g/mol. The Hall–Kier alpha value is -1.48. The average molecular weight is 664 g/mol. The van der Waals surface area contributed by atoms with E-state index in [1.165, 1.54) is 41.7 Å². The number of nitrogens with zero attached hydrogens (tertiary/aromatic N) is 1. The van der Waals surface area contributed by atoms with Crippen LogP contribution < -0.4 is 4.90 Å². The molecular formula is C41H61NO6. The fraction of sp³-hybridized carbons (Fsp3) is 0.805. The molecule has 2 N–H and O–H groups in total. The molecule has 0 amide bonds. The molecule has 7 nitrogen and oxygen atoms in total. The molecule has 1 aromatic carbocycles. The van der Waals surface area contributed by atoms with Crippen LogP contribution in [0.2, 0.25) is 0 Å². The molecule has 6 fully saturated rings. The molecule has 1 unspecified atom stereocenters. The van der Waals surface area contributed by atoms with Crippen LogP contribution in [0.15, 0.2) is 35.4 Å². The standard InChI is InChI=1S/C41H61NO6/c1-37(2)27-47-41(48-28-37)20-16-34-36-31(14-18-39(34,43)26-41)33-15-19-40(44,17-8-24-46-35-9-4-7-23-45-35)38(33,3)25-32(36)29-10-12-30(13-11-29)42-21-5-6-22-42/h10-13,31-33,35,43-44H,4-9,14-28H2,1-3H3/t31-,32+,33-,35?,38-,39+,40-/m0/s1. The van der Waals surface area contributed by atoms with Crippen molar-refractivity contribution in [2.24, 2.45) is 22.7 Å². The Kier molecular flexibility index (Phi) is 8.85. The van der Waals surface area contributed by atoms with E-state index in [4.69, 9.17) is 18.9 Å². The number of aliphatic hydroxyl groups is 2. The first-order valence-corrected chi connectivity index (χ1v) is 19.6. The summed E-state index contributed by atoms with van der Waals surface area (Å²) in [5, 5.41) is 25.2. The summed E-state index contributed by atoms with van der Waals surface area (Å²) in [5.74, 6) is 0.291. The van der Waals surface area contributed by atoms with Crippen LogP contribution >= 0.6 is 0 Å². The fourth-order valence-corrected chi connectivity index (χ4v) is 11.4. The highest BCUT2D eigenvalue weighted by Crippen LogP contribution is 2.68. The third kappa shape index (κ3) is 5.90. The first kappa shape index (κ1) is 33.7.